The van der Waals surface area contributed by atoms with Gasteiger partial charge >= 0.3 is 0 Å². The lowest BCUT2D eigenvalue weighted by molar-refractivity contribution is -0.134. The quantitative estimate of drug-likeness (QED) is 0.354. The van der Waals surface area contributed by atoms with Gasteiger partial charge in [0.25, 0.3) is 0 Å². The summed E-state index contributed by atoms with van der Waals surface area (Å²) < 4.78 is 7.68. The van der Waals surface area contributed by atoms with Gasteiger partial charge in [-0.15, -0.1) is 0 Å². The van der Waals surface area contributed by atoms with Gasteiger partial charge in [0.05, 0.1) is 6.61 Å². The first-order chi connectivity index (χ1) is 17.6. The molecule has 0 spiro atoms. The Morgan fingerprint density at radius 3 is 2.72 bits per heavy atom. The van der Waals surface area contributed by atoms with Crippen molar-refractivity contribution in [3.05, 3.63) is 90.5 Å². The van der Waals surface area contributed by atoms with Crippen LogP contribution in [0.5, 0.6) is 5.75 Å². The second-order valence-electron chi connectivity index (χ2n) is 9.71. The molecule has 1 unspecified atom stereocenters. The summed E-state index contributed by atoms with van der Waals surface area (Å²) in [6.45, 7) is 4.15. The SMILES string of the molecule is CN(Cc1ccc(OCC2CCCN(C(=O)Cn3cncn3)C2)cc1)Cc1cccc2ccccc12. The Labute approximate surface area is 212 Å². The van der Waals surface area contributed by atoms with E-state index in [0.29, 0.717) is 12.5 Å². The van der Waals surface area contributed by atoms with Crippen LogP contribution in [0.4, 0.5) is 0 Å². The molecular weight excluding hydrogens is 450 g/mol. The van der Waals surface area contributed by atoms with Crippen molar-refractivity contribution in [3.8, 4) is 5.75 Å². The monoisotopic (exact) mass is 483 g/mol. The molecule has 1 aliphatic rings. The highest BCUT2D eigenvalue weighted by molar-refractivity contribution is 5.85. The largest absolute Gasteiger partial charge is 0.493 e. The summed E-state index contributed by atoms with van der Waals surface area (Å²) >= 11 is 0. The minimum absolute atomic E-state index is 0.0853. The fraction of sp³-hybridized carbons (Fsp3) is 0.345. The second kappa shape index (κ2) is 11.4. The van der Waals surface area contributed by atoms with E-state index >= 15 is 0 Å². The zero-order valence-corrected chi connectivity index (χ0v) is 20.8. The first-order valence-electron chi connectivity index (χ1n) is 12.6. The molecule has 1 amide bonds. The van der Waals surface area contributed by atoms with Crippen LogP contribution >= 0.6 is 0 Å². The van der Waals surface area contributed by atoms with Gasteiger partial charge in [-0.05, 0) is 53.9 Å². The smallest absolute Gasteiger partial charge is 0.244 e. The fourth-order valence-corrected chi connectivity index (χ4v) is 4.97. The Bertz CT molecular complexity index is 1270. The Balaban J connectivity index is 1.10. The summed E-state index contributed by atoms with van der Waals surface area (Å²) in [4.78, 5) is 20.8. The zero-order chi connectivity index (χ0) is 24.7. The molecule has 4 aromatic rings. The van der Waals surface area contributed by atoms with Gasteiger partial charge in [0, 0.05) is 32.1 Å². The van der Waals surface area contributed by atoms with Crippen molar-refractivity contribution in [1.82, 2.24) is 24.6 Å². The third kappa shape index (κ3) is 6.10. The van der Waals surface area contributed by atoms with Gasteiger partial charge in [-0.1, -0.05) is 54.6 Å². The Kier molecular flexibility index (Phi) is 7.57. The molecule has 2 heterocycles. The minimum atomic E-state index is 0.0853. The molecule has 7 nitrogen and oxygen atoms in total. The van der Waals surface area contributed by atoms with E-state index in [0.717, 1.165) is 44.8 Å². The maximum absolute atomic E-state index is 12.6. The molecule has 1 saturated heterocycles. The summed E-state index contributed by atoms with van der Waals surface area (Å²) in [5, 5.41) is 6.63. The fourth-order valence-electron chi connectivity index (χ4n) is 4.97. The number of rotatable bonds is 9. The molecule has 186 valence electrons. The van der Waals surface area contributed by atoms with Gasteiger partial charge in [0.2, 0.25) is 5.91 Å². The molecule has 1 fully saturated rings. The molecule has 1 aromatic heterocycles. The molecule has 1 atom stereocenters. The van der Waals surface area contributed by atoms with Crippen LogP contribution in [0.1, 0.15) is 24.0 Å². The van der Waals surface area contributed by atoms with E-state index in [9.17, 15) is 4.79 Å². The van der Waals surface area contributed by atoms with Gasteiger partial charge in [0.1, 0.15) is 24.9 Å². The van der Waals surface area contributed by atoms with Crippen LogP contribution in [0.3, 0.4) is 0 Å². The molecular formula is C29H33N5O2. The van der Waals surface area contributed by atoms with E-state index in [1.54, 1.807) is 11.0 Å². The normalized spacial score (nSPS) is 15.9. The highest BCUT2D eigenvalue weighted by Crippen LogP contribution is 2.22. The predicted octanol–water partition coefficient (Wildman–Crippen LogP) is 4.38. The van der Waals surface area contributed by atoms with Crippen LogP contribution in [0.25, 0.3) is 10.8 Å². The molecule has 5 rings (SSSR count). The molecule has 0 bridgehead atoms. The van der Waals surface area contributed by atoms with E-state index in [4.69, 9.17) is 4.74 Å². The van der Waals surface area contributed by atoms with Crippen LogP contribution < -0.4 is 4.74 Å². The molecule has 0 radical (unpaired) electrons. The average molecular weight is 484 g/mol. The molecule has 3 aromatic carbocycles. The summed E-state index contributed by atoms with van der Waals surface area (Å²) in [6.07, 6.45) is 5.10. The number of hydrogen-bond donors (Lipinski definition) is 0. The van der Waals surface area contributed by atoms with Gasteiger partial charge < -0.3 is 9.64 Å². The van der Waals surface area contributed by atoms with Crippen molar-refractivity contribution in [2.24, 2.45) is 5.92 Å². The maximum atomic E-state index is 12.6. The molecule has 7 heteroatoms. The number of fused-ring (bicyclic) bond motifs is 1. The van der Waals surface area contributed by atoms with E-state index < -0.39 is 0 Å². The van der Waals surface area contributed by atoms with Crippen LogP contribution in [0.2, 0.25) is 0 Å². The minimum Gasteiger partial charge on any atom is -0.493 e. The first-order valence-corrected chi connectivity index (χ1v) is 12.6. The van der Waals surface area contributed by atoms with Gasteiger partial charge in [-0.2, -0.15) is 5.10 Å². The van der Waals surface area contributed by atoms with E-state index in [2.05, 4.69) is 88.8 Å². The summed E-state index contributed by atoms with van der Waals surface area (Å²) in [6, 6.07) is 23.5. The zero-order valence-electron chi connectivity index (χ0n) is 20.8. The Hall–Kier alpha value is -3.71. The molecule has 0 aliphatic carbocycles. The number of likely N-dealkylation sites (tertiary alicyclic amines) is 1. The predicted molar refractivity (Wildman–Crippen MR) is 140 cm³/mol. The number of nitrogens with zero attached hydrogens (tertiary/aromatic N) is 5. The summed E-state index contributed by atoms with van der Waals surface area (Å²) in [5.74, 6) is 1.30. The number of benzene rings is 3. The number of amides is 1. The van der Waals surface area contributed by atoms with Crippen molar-refractivity contribution < 1.29 is 9.53 Å². The second-order valence-corrected chi connectivity index (χ2v) is 9.71. The van der Waals surface area contributed by atoms with Crippen LogP contribution in [0, 0.1) is 5.92 Å². The number of carbonyl (C=O) groups is 1. The average Bonchev–Trinajstić information content (AvgIpc) is 3.42. The number of hydrogen-bond acceptors (Lipinski definition) is 5. The highest BCUT2D eigenvalue weighted by atomic mass is 16.5. The lowest BCUT2D eigenvalue weighted by Gasteiger charge is -2.32. The standard InChI is InChI=1S/C29H33N5O2/c1-32(18-26-9-4-8-25-7-2-3-10-28(25)26)16-23-11-13-27(14-12-23)36-20-24-6-5-15-33(17-24)29(35)19-34-22-30-21-31-34/h2-4,7-14,21-22,24H,5-6,15-20H2,1H3. The Morgan fingerprint density at radius 2 is 1.89 bits per heavy atom. The van der Waals surface area contributed by atoms with E-state index in [1.807, 2.05) is 4.90 Å². The lowest BCUT2D eigenvalue weighted by Crippen LogP contribution is -2.43. The number of aromatic nitrogens is 3. The molecule has 0 saturated carbocycles. The molecule has 0 N–H and O–H groups in total. The first kappa shape index (κ1) is 24.0. The van der Waals surface area contributed by atoms with Crippen LogP contribution in [0.15, 0.2) is 79.4 Å². The summed E-state index contributed by atoms with van der Waals surface area (Å²) in [7, 11) is 2.16. The van der Waals surface area contributed by atoms with Gasteiger partial charge in [0.15, 0.2) is 0 Å². The van der Waals surface area contributed by atoms with E-state index in [1.165, 1.54) is 28.2 Å². The third-order valence-electron chi connectivity index (χ3n) is 6.82. The highest BCUT2D eigenvalue weighted by Gasteiger charge is 2.24. The van der Waals surface area contributed by atoms with Crippen molar-refractivity contribution in [2.45, 2.75) is 32.5 Å². The van der Waals surface area contributed by atoms with Crippen LogP contribution in [-0.4, -0.2) is 57.2 Å². The maximum Gasteiger partial charge on any atom is 0.244 e. The molecule has 1 aliphatic heterocycles. The molecule has 36 heavy (non-hydrogen) atoms. The topological polar surface area (TPSA) is 63.5 Å². The number of carbonyl (C=O) groups excluding carboxylic acids is 1. The number of ether oxygens (including phenoxy) is 1. The van der Waals surface area contributed by atoms with Crippen LogP contribution in [-0.2, 0) is 24.4 Å². The van der Waals surface area contributed by atoms with Crippen molar-refractivity contribution in [3.63, 3.8) is 0 Å². The van der Waals surface area contributed by atoms with Crippen molar-refractivity contribution >= 4 is 16.7 Å². The van der Waals surface area contributed by atoms with Crippen molar-refractivity contribution in [2.75, 3.05) is 26.7 Å². The van der Waals surface area contributed by atoms with Gasteiger partial charge in [-0.3, -0.25) is 9.69 Å². The summed E-state index contributed by atoms with van der Waals surface area (Å²) in [5.41, 5.74) is 2.60. The van der Waals surface area contributed by atoms with Crippen molar-refractivity contribution in [1.29, 1.82) is 0 Å². The Morgan fingerprint density at radius 1 is 1.06 bits per heavy atom. The van der Waals surface area contributed by atoms with E-state index in [-0.39, 0.29) is 12.5 Å². The third-order valence-corrected chi connectivity index (χ3v) is 6.82. The lowest BCUT2D eigenvalue weighted by atomic mass is 9.99. The number of piperidine rings is 1. The van der Waals surface area contributed by atoms with Gasteiger partial charge in [-0.25, -0.2) is 9.67 Å².